The quantitative estimate of drug-likeness (QED) is 0.638. The fraction of sp³-hybridized carbons (Fsp3) is 0.214. The fourth-order valence-corrected chi connectivity index (χ4v) is 1.89. The smallest absolute Gasteiger partial charge is 0.165 e. The Morgan fingerprint density at radius 1 is 1.37 bits per heavy atom. The zero-order valence-corrected chi connectivity index (χ0v) is 10.6. The Balaban J connectivity index is 2.22. The normalized spacial score (nSPS) is 12.2. The minimum atomic E-state index is -0.389. The SMILES string of the molecule is COc1cc(C(Cc2ccccn2)NN)ccc1F. The number of hydrogen-bond acceptors (Lipinski definition) is 4. The Labute approximate surface area is 111 Å². The van der Waals surface area contributed by atoms with Gasteiger partial charge in [-0.2, -0.15) is 0 Å². The highest BCUT2D eigenvalue weighted by molar-refractivity contribution is 5.32. The Morgan fingerprint density at radius 3 is 2.84 bits per heavy atom. The molecule has 1 heterocycles. The zero-order valence-electron chi connectivity index (χ0n) is 10.6. The van der Waals surface area contributed by atoms with Gasteiger partial charge in [-0.3, -0.25) is 16.3 Å². The molecule has 0 bridgehead atoms. The fourth-order valence-electron chi connectivity index (χ4n) is 1.89. The van der Waals surface area contributed by atoms with Crippen molar-refractivity contribution in [2.45, 2.75) is 12.5 Å². The molecule has 0 saturated heterocycles. The topological polar surface area (TPSA) is 60.2 Å². The van der Waals surface area contributed by atoms with Gasteiger partial charge in [0.2, 0.25) is 0 Å². The first-order chi connectivity index (χ1) is 9.24. The van der Waals surface area contributed by atoms with Gasteiger partial charge in [0.05, 0.1) is 13.2 Å². The standard InChI is InChI=1S/C14H16FN3O/c1-19-14-8-10(5-6-12(14)15)13(18-16)9-11-4-2-3-7-17-11/h2-8,13,18H,9,16H2,1H3. The summed E-state index contributed by atoms with van der Waals surface area (Å²) < 4.78 is 18.3. The van der Waals surface area contributed by atoms with Crippen LogP contribution in [0.4, 0.5) is 4.39 Å². The van der Waals surface area contributed by atoms with E-state index in [2.05, 4.69) is 10.4 Å². The number of nitrogens with zero attached hydrogens (tertiary/aromatic N) is 1. The van der Waals surface area contributed by atoms with E-state index < -0.39 is 0 Å². The molecule has 19 heavy (non-hydrogen) atoms. The van der Waals surface area contributed by atoms with Gasteiger partial charge in [-0.15, -0.1) is 0 Å². The van der Waals surface area contributed by atoms with Gasteiger partial charge in [-0.05, 0) is 29.8 Å². The Kier molecular flexibility index (Phi) is 4.43. The summed E-state index contributed by atoms with van der Waals surface area (Å²) in [7, 11) is 1.44. The number of pyridine rings is 1. The average molecular weight is 261 g/mol. The first kappa shape index (κ1) is 13.5. The number of ether oxygens (including phenoxy) is 1. The molecule has 0 aliphatic carbocycles. The first-order valence-electron chi connectivity index (χ1n) is 5.94. The van der Waals surface area contributed by atoms with Crippen LogP contribution >= 0.6 is 0 Å². The number of methoxy groups -OCH3 is 1. The minimum absolute atomic E-state index is 0.149. The highest BCUT2D eigenvalue weighted by Gasteiger charge is 2.13. The number of hydrazine groups is 1. The first-order valence-corrected chi connectivity index (χ1v) is 5.94. The van der Waals surface area contributed by atoms with Crippen molar-refractivity contribution in [1.82, 2.24) is 10.4 Å². The molecular weight excluding hydrogens is 245 g/mol. The monoisotopic (exact) mass is 261 g/mol. The van der Waals surface area contributed by atoms with Crippen molar-refractivity contribution >= 4 is 0 Å². The summed E-state index contributed by atoms with van der Waals surface area (Å²) in [5.74, 6) is 5.39. The summed E-state index contributed by atoms with van der Waals surface area (Å²) in [6.07, 6.45) is 2.35. The second kappa shape index (κ2) is 6.26. The number of hydrogen-bond donors (Lipinski definition) is 2. The van der Waals surface area contributed by atoms with Crippen molar-refractivity contribution in [1.29, 1.82) is 0 Å². The van der Waals surface area contributed by atoms with E-state index in [1.54, 1.807) is 18.3 Å². The zero-order chi connectivity index (χ0) is 13.7. The van der Waals surface area contributed by atoms with E-state index in [1.807, 2.05) is 18.2 Å². The average Bonchev–Trinajstić information content (AvgIpc) is 2.46. The number of nitrogens with two attached hydrogens (primary N) is 1. The van der Waals surface area contributed by atoms with Crippen LogP contribution in [0.15, 0.2) is 42.6 Å². The maximum Gasteiger partial charge on any atom is 0.165 e. The highest BCUT2D eigenvalue weighted by Crippen LogP contribution is 2.24. The van der Waals surface area contributed by atoms with E-state index in [4.69, 9.17) is 10.6 Å². The molecule has 2 aromatic rings. The molecule has 1 aromatic heterocycles. The van der Waals surface area contributed by atoms with Crippen LogP contribution in [0.3, 0.4) is 0 Å². The molecule has 0 aliphatic rings. The van der Waals surface area contributed by atoms with Gasteiger partial charge in [-0.1, -0.05) is 12.1 Å². The highest BCUT2D eigenvalue weighted by atomic mass is 19.1. The number of rotatable bonds is 5. The third-order valence-corrected chi connectivity index (χ3v) is 2.92. The number of halogens is 1. The summed E-state index contributed by atoms with van der Waals surface area (Å²) in [6.45, 7) is 0. The van der Waals surface area contributed by atoms with E-state index in [0.717, 1.165) is 11.3 Å². The Hall–Kier alpha value is -1.98. The maximum absolute atomic E-state index is 13.4. The van der Waals surface area contributed by atoms with Crippen LogP contribution in [0.1, 0.15) is 17.3 Å². The Bertz CT molecular complexity index is 533. The third-order valence-electron chi connectivity index (χ3n) is 2.92. The van der Waals surface area contributed by atoms with Crippen LogP contribution in [-0.4, -0.2) is 12.1 Å². The predicted octanol–water partition coefficient (Wildman–Crippen LogP) is 1.98. The van der Waals surface area contributed by atoms with Crippen LogP contribution in [0.2, 0.25) is 0 Å². The second-order valence-corrected chi connectivity index (χ2v) is 4.14. The molecule has 0 radical (unpaired) electrons. The van der Waals surface area contributed by atoms with Crippen LogP contribution in [0.5, 0.6) is 5.75 Å². The van der Waals surface area contributed by atoms with Crippen molar-refractivity contribution in [3.63, 3.8) is 0 Å². The van der Waals surface area contributed by atoms with Gasteiger partial charge < -0.3 is 4.74 Å². The van der Waals surface area contributed by atoms with Crippen molar-refractivity contribution in [3.8, 4) is 5.75 Å². The van der Waals surface area contributed by atoms with Gasteiger partial charge in [0.15, 0.2) is 11.6 Å². The molecular formula is C14H16FN3O. The third kappa shape index (κ3) is 3.27. The van der Waals surface area contributed by atoms with Gasteiger partial charge >= 0.3 is 0 Å². The molecule has 4 nitrogen and oxygen atoms in total. The van der Waals surface area contributed by atoms with Crippen LogP contribution in [0.25, 0.3) is 0 Å². The van der Waals surface area contributed by atoms with E-state index >= 15 is 0 Å². The van der Waals surface area contributed by atoms with Crippen molar-refractivity contribution in [3.05, 3.63) is 59.7 Å². The van der Waals surface area contributed by atoms with Gasteiger partial charge in [-0.25, -0.2) is 4.39 Å². The van der Waals surface area contributed by atoms with Crippen molar-refractivity contribution in [2.75, 3.05) is 7.11 Å². The molecule has 1 atom stereocenters. The molecule has 2 rings (SSSR count). The molecule has 0 aliphatic heterocycles. The number of benzene rings is 1. The largest absolute Gasteiger partial charge is 0.494 e. The lowest BCUT2D eigenvalue weighted by Gasteiger charge is -2.17. The molecule has 100 valence electrons. The van der Waals surface area contributed by atoms with Gasteiger partial charge in [0, 0.05) is 18.3 Å². The summed E-state index contributed by atoms with van der Waals surface area (Å²) >= 11 is 0. The summed E-state index contributed by atoms with van der Waals surface area (Å²) in [6, 6.07) is 10.2. The minimum Gasteiger partial charge on any atom is -0.494 e. The molecule has 1 unspecified atom stereocenters. The van der Waals surface area contributed by atoms with Crippen LogP contribution < -0.4 is 16.0 Å². The molecule has 1 aromatic carbocycles. The predicted molar refractivity (Wildman–Crippen MR) is 71.0 cm³/mol. The van der Waals surface area contributed by atoms with E-state index in [1.165, 1.54) is 13.2 Å². The van der Waals surface area contributed by atoms with Crippen molar-refractivity contribution in [2.24, 2.45) is 5.84 Å². The maximum atomic E-state index is 13.4. The molecule has 0 spiro atoms. The second-order valence-electron chi connectivity index (χ2n) is 4.14. The molecule has 5 heteroatoms. The number of aromatic nitrogens is 1. The summed E-state index contributed by atoms with van der Waals surface area (Å²) in [5, 5.41) is 0. The van der Waals surface area contributed by atoms with E-state index in [-0.39, 0.29) is 17.6 Å². The summed E-state index contributed by atoms with van der Waals surface area (Å²) in [4.78, 5) is 4.25. The van der Waals surface area contributed by atoms with Crippen LogP contribution in [-0.2, 0) is 6.42 Å². The lowest BCUT2D eigenvalue weighted by molar-refractivity contribution is 0.384. The molecule has 0 saturated carbocycles. The van der Waals surface area contributed by atoms with Crippen LogP contribution in [0, 0.1) is 5.82 Å². The van der Waals surface area contributed by atoms with E-state index in [0.29, 0.717) is 6.42 Å². The number of nitrogens with one attached hydrogen (secondary N) is 1. The van der Waals surface area contributed by atoms with Gasteiger partial charge in [0.1, 0.15) is 0 Å². The van der Waals surface area contributed by atoms with Crippen molar-refractivity contribution < 1.29 is 9.13 Å². The van der Waals surface area contributed by atoms with E-state index in [9.17, 15) is 4.39 Å². The lowest BCUT2D eigenvalue weighted by atomic mass is 10.0. The lowest BCUT2D eigenvalue weighted by Crippen LogP contribution is -2.29. The van der Waals surface area contributed by atoms with Gasteiger partial charge in [0.25, 0.3) is 0 Å². The molecule has 0 fully saturated rings. The summed E-state index contributed by atoms with van der Waals surface area (Å²) in [5.41, 5.74) is 4.48. The molecule has 3 N–H and O–H groups in total. The Morgan fingerprint density at radius 2 is 2.21 bits per heavy atom. The molecule has 0 amide bonds.